The molecule has 4 nitrogen and oxygen atoms in total. The molecule has 0 saturated heterocycles. The van der Waals surface area contributed by atoms with Crippen LogP contribution in [0, 0.1) is 5.92 Å². The van der Waals surface area contributed by atoms with E-state index in [9.17, 15) is 18.3 Å². The predicted molar refractivity (Wildman–Crippen MR) is 67.0 cm³/mol. The molecule has 1 aliphatic rings. The van der Waals surface area contributed by atoms with E-state index in [1.807, 2.05) is 6.92 Å². The highest BCUT2D eigenvalue weighted by Gasteiger charge is 2.59. The summed E-state index contributed by atoms with van der Waals surface area (Å²) in [6.07, 6.45) is 1.26. The first-order valence-electron chi connectivity index (χ1n) is 5.97. The van der Waals surface area contributed by atoms with Gasteiger partial charge in [0.2, 0.25) is 0 Å². The largest absolute Gasteiger partial charge is 0.480 e. The number of benzene rings is 1. The van der Waals surface area contributed by atoms with Crippen molar-refractivity contribution in [1.29, 1.82) is 0 Å². The molecular formula is C13H16O4S. The maximum Gasteiger partial charge on any atom is 0.325 e. The van der Waals surface area contributed by atoms with Gasteiger partial charge in [-0.1, -0.05) is 31.5 Å². The SMILES string of the molecule is CCC1CC(C(=O)O)(S(=O)(=O)c2ccccc2)C1. The lowest BCUT2D eigenvalue weighted by Crippen LogP contribution is -2.56. The van der Waals surface area contributed by atoms with E-state index in [2.05, 4.69) is 0 Å². The summed E-state index contributed by atoms with van der Waals surface area (Å²) in [4.78, 5) is 11.5. The average Bonchev–Trinajstić information content (AvgIpc) is 2.28. The highest BCUT2D eigenvalue weighted by Crippen LogP contribution is 2.48. The van der Waals surface area contributed by atoms with Gasteiger partial charge in [-0.2, -0.15) is 0 Å². The van der Waals surface area contributed by atoms with Gasteiger partial charge in [-0.3, -0.25) is 4.79 Å². The van der Waals surface area contributed by atoms with Crippen LogP contribution in [0.4, 0.5) is 0 Å². The van der Waals surface area contributed by atoms with Crippen LogP contribution < -0.4 is 0 Å². The highest BCUT2D eigenvalue weighted by molar-refractivity contribution is 7.93. The van der Waals surface area contributed by atoms with Crippen molar-refractivity contribution in [3.63, 3.8) is 0 Å². The van der Waals surface area contributed by atoms with Gasteiger partial charge >= 0.3 is 5.97 Å². The van der Waals surface area contributed by atoms with Crippen LogP contribution in [0.2, 0.25) is 0 Å². The summed E-state index contributed by atoms with van der Waals surface area (Å²) >= 11 is 0. The van der Waals surface area contributed by atoms with Crippen LogP contribution in [0.25, 0.3) is 0 Å². The van der Waals surface area contributed by atoms with Crippen molar-refractivity contribution in [2.45, 2.75) is 35.8 Å². The molecule has 0 radical (unpaired) electrons. The maximum absolute atomic E-state index is 12.5. The van der Waals surface area contributed by atoms with Crippen LogP contribution in [0.1, 0.15) is 26.2 Å². The summed E-state index contributed by atoms with van der Waals surface area (Å²) < 4.78 is 23.3. The van der Waals surface area contributed by atoms with Gasteiger partial charge in [0.25, 0.3) is 0 Å². The van der Waals surface area contributed by atoms with Gasteiger partial charge < -0.3 is 5.11 Å². The maximum atomic E-state index is 12.5. The Morgan fingerprint density at radius 2 is 1.89 bits per heavy atom. The van der Waals surface area contributed by atoms with Crippen LogP contribution in [0.3, 0.4) is 0 Å². The topological polar surface area (TPSA) is 71.4 Å². The molecule has 1 N–H and O–H groups in total. The van der Waals surface area contributed by atoms with E-state index >= 15 is 0 Å². The Morgan fingerprint density at radius 1 is 1.33 bits per heavy atom. The van der Waals surface area contributed by atoms with E-state index < -0.39 is 20.6 Å². The first-order chi connectivity index (χ1) is 8.44. The van der Waals surface area contributed by atoms with E-state index in [0.29, 0.717) is 0 Å². The van der Waals surface area contributed by atoms with Crippen molar-refractivity contribution >= 4 is 15.8 Å². The number of carboxylic acids is 1. The second kappa shape index (κ2) is 4.39. The third-order valence-corrected chi connectivity index (χ3v) is 6.20. The molecule has 0 bridgehead atoms. The second-order valence-corrected chi connectivity index (χ2v) is 7.06. The third-order valence-electron chi connectivity index (χ3n) is 3.77. The van der Waals surface area contributed by atoms with Crippen LogP contribution >= 0.6 is 0 Å². The summed E-state index contributed by atoms with van der Waals surface area (Å²) in [6.45, 7) is 1.95. The smallest absolute Gasteiger partial charge is 0.325 e. The normalized spacial score (nSPS) is 27.5. The van der Waals surface area contributed by atoms with E-state index in [-0.39, 0.29) is 23.7 Å². The zero-order valence-electron chi connectivity index (χ0n) is 10.2. The van der Waals surface area contributed by atoms with Crippen LogP contribution in [-0.2, 0) is 14.6 Å². The number of carbonyl (C=O) groups is 1. The van der Waals surface area contributed by atoms with Gasteiger partial charge in [0.1, 0.15) is 0 Å². The molecule has 1 aromatic carbocycles. The molecule has 1 fully saturated rings. The summed E-state index contributed by atoms with van der Waals surface area (Å²) in [7, 11) is -3.81. The van der Waals surface area contributed by atoms with Crippen molar-refractivity contribution in [2.75, 3.05) is 0 Å². The lowest BCUT2D eigenvalue weighted by Gasteiger charge is -2.43. The number of hydrogen-bond donors (Lipinski definition) is 1. The minimum Gasteiger partial charge on any atom is -0.480 e. The van der Waals surface area contributed by atoms with Crippen molar-refractivity contribution in [3.8, 4) is 0 Å². The first kappa shape index (κ1) is 13.1. The van der Waals surface area contributed by atoms with Crippen molar-refractivity contribution in [1.82, 2.24) is 0 Å². The second-order valence-electron chi connectivity index (χ2n) is 4.80. The molecule has 0 amide bonds. The number of rotatable bonds is 4. The Hall–Kier alpha value is -1.36. The molecule has 18 heavy (non-hydrogen) atoms. The first-order valence-corrected chi connectivity index (χ1v) is 7.45. The molecule has 1 aliphatic carbocycles. The molecule has 98 valence electrons. The van der Waals surface area contributed by atoms with Gasteiger partial charge in [0, 0.05) is 0 Å². The van der Waals surface area contributed by atoms with Gasteiger partial charge in [-0.15, -0.1) is 0 Å². The minimum atomic E-state index is -3.81. The zero-order chi connectivity index (χ0) is 13.4. The Morgan fingerprint density at radius 3 is 2.33 bits per heavy atom. The van der Waals surface area contributed by atoms with Crippen LogP contribution in [0.15, 0.2) is 35.2 Å². The molecule has 0 atom stereocenters. The Balaban J connectivity index is 2.43. The monoisotopic (exact) mass is 268 g/mol. The lowest BCUT2D eigenvalue weighted by atomic mass is 9.73. The number of aliphatic carboxylic acids is 1. The fraction of sp³-hybridized carbons (Fsp3) is 0.462. The zero-order valence-corrected chi connectivity index (χ0v) is 11.0. The molecule has 2 rings (SSSR count). The standard InChI is InChI=1S/C13H16O4S/c1-2-10-8-13(9-10,12(14)15)18(16,17)11-6-4-3-5-7-11/h3-7,10H,2,8-9H2,1H3,(H,14,15). The van der Waals surface area contributed by atoms with E-state index in [0.717, 1.165) is 6.42 Å². The molecule has 0 heterocycles. The van der Waals surface area contributed by atoms with Crippen molar-refractivity contribution in [2.24, 2.45) is 5.92 Å². The van der Waals surface area contributed by atoms with Crippen LogP contribution in [-0.4, -0.2) is 24.2 Å². The van der Waals surface area contributed by atoms with E-state index in [1.165, 1.54) is 12.1 Å². The molecule has 1 aromatic rings. The van der Waals surface area contributed by atoms with Crippen molar-refractivity contribution < 1.29 is 18.3 Å². The fourth-order valence-electron chi connectivity index (χ4n) is 2.50. The molecule has 0 spiro atoms. The van der Waals surface area contributed by atoms with Crippen molar-refractivity contribution in [3.05, 3.63) is 30.3 Å². The summed E-state index contributed by atoms with van der Waals surface area (Å²) in [6, 6.07) is 7.84. The summed E-state index contributed by atoms with van der Waals surface area (Å²) in [5.41, 5.74) is 0. The van der Waals surface area contributed by atoms with Crippen LogP contribution in [0.5, 0.6) is 0 Å². The van der Waals surface area contributed by atoms with Gasteiger partial charge in [-0.05, 0) is 30.9 Å². The fourth-order valence-corrected chi connectivity index (χ4v) is 4.60. The minimum absolute atomic E-state index is 0.0990. The lowest BCUT2D eigenvalue weighted by molar-refractivity contribution is -0.144. The van der Waals surface area contributed by atoms with E-state index in [1.54, 1.807) is 18.2 Å². The Labute approximate surface area is 107 Å². The molecule has 0 aromatic heterocycles. The Kier molecular flexibility index (Phi) is 3.19. The van der Waals surface area contributed by atoms with Gasteiger partial charge in [0.05, 0.1) is 4.90 Å². The quantitative estimate of drug-likeness (QED) is 0.907. The number of carboxylic acid groups (broad SMARTS) is 1. The molecule has 0 unspecified atom stereocenters. The molecule has 5 heteroatoms. The van der Waals surface area contributed by atoms with E-state index in [4.69, 9.17) is 0 Å². The third kappa shape index (κ3) is 1.73. The van der Waals surface area contributed by atoms with Gasteiger partial charge in [-0.25, -0.2) is 8.42 Å². The molecule has 1 saturated carbocycles. The highest BCUT2D eigenvalue weighted by atomic mass is 32.2. The predicted octanol–water partition coefficient (Wildman–Crippen LogP) is 2.10. The Bertz CT molecular complexity index is 542. The van der Waals surface area contributed by atoms with Gasteiger partial charge in [0.15, 0.2) is 14.6 Å². The molecule has 0 aliphatic heterocycles. The summed E-state index contributed by atoms with van der Waals surface area (Å²) in [5, 5.41) is 9.31. The average molecular weight is 268 g/mol. The number of sulfone groups is 1. The number of hydrogen-bond acceptors (Lipinski definition) is 3. The summed E-state index contributed by atoms with van der Waals surface area (Å²) in [5.74, 6) is -1.03. The molecular weight excluding hydrogens is 252 g/mol.